The molecule has 2 aromatic carbocycles. The molecule has 0 unspecified atom stereocenters. The molecule has 1 amide bonds. The molecule has 1 aromatic heterocycles. The number of amides is 1. The number of aromatic nitrogens is 2. The minimum atomic E-state index is -0.0724. The van der Waals surface area contributed by atoms with E-state index < -0.39 is 0 Å². The first-order valence-corrected chi connectivity index (χ1v) is 9.89. The molecule has 7 nitrogen and oxygen atoms in total. The molecule has 7 heteroatoms. The van der Waals surface area contributed by atoms with Gasteiger partial charge in [0.15, 0.2) is 0 Å². The van der Waals surface area contributed by atoms with Crippen molar-refractivity contribution in [2.45, 2.75) is 12.8 Å². The van der Waals surface area contributed by atoms with Gasteiger partial charge in [0.1, 0.15) is 0 Å². The molecule has 0 spiro atoms. The Morgan fingerprint density at radius 1 is 1.03 bits per heavy atom. The van der Waals surface area contributed by atoms with Gasteiger partial charge in [-0.1, -0.05) is 35.5 Å². The SMILES string of the molecule is CN1CCN(c2ccc(NC(=O)CCc3nc(-c4ccccc4)no3)cc2)CC1. The van der Waals surface area contributed by atoms with Crippen LogP contribution in [0.15, 0.2) is 59.1 Å². The van der Waals surface area contributed by atoms with Gasteiger partial charge in [0, 0.05) is 56.0 Å². The first kappa shape index (κ1) is 19.1. The summed E-state index contributed by atoms with van der Waals surface area (Å²) in [6, 6.07) is 17.7. The van der Waals surface area contributed by atoms with Gasteiger partial charge in [-0.15, -0.1) is 0 Å². The molecule has 1 fully saturated rings. The summed E-state index contributed by atoms with van der Waals surface area (Å²) in [5.41, 5.74) is 2.88. The minimum Gasteiger partial charge on any atom is -0.369 e. The molecule has 29 heavy (non-hydrogen) atoms. The van der Waals surface area contributed by atoms with E-state index in [0.29, 0.717) is 18.1 Å². The molecule has 0 saturated carbocycles. The Bertz CT molecular complexity index is 931. The number of carbonyl (C=O) groups excluding carboxylic acids is 1. The number of anilines is 2. The number of benzene rings is 2. The molecule has 1 saturated heterocycles. The maximum atomic E-state index is 12.3. The van der Waals surface area contributed by atoms with Gasteiger partial charge in [0.2, 0.25) is 17.6 Å². The topological polar surface area (TPSA) is 74.5 Å². The Morgan fingerprint density at radius 3 is 2.48 bits per heavy atom. The van der Waals surface area contributed by atoms with Gasteiger partial charge >= 0.3 is 0 Å². The van der Waals surface area contributed by atoms with E-state index >= 15 is 0 Å². The fourth-order valence-corrected chi connectivity index (χ4v) is 3.33. The second-order valence-electron chi connectivity index (χ2n) is 7.26. The fraction of sp³-hybridized carbons (Fsp3) is 0.318. The standard InChI is InChI=1S/C22H25N5O2/c1-26-13-15-27(16-14-26)19-9-7-18(8-10-19)23-20(28)11-12-21-24-22(25-29-21)17-5-3-2-4-6-17/h2-10H,11-16H2,1H3,(H,23,28). The molecule has 4 rings (SSSR count). The molecule has 0 atom stereocenters. The van der Waals surface area contributed by atoms with Crippen LogP contribution in [0.3, 0.4) is 0 Å². The van der Waals surface area contributed by atoms with Crippen molar-refractivity contribution < 1.29 is 9.32 Å². The van der Waals surface area contributed by atoms with Crippen molar-refractivity contribution in [1.82, 2.24) is 15.0 Å². The predicted molar refractivity (Wildman–Crippen MR) is 113 cm³/mol. The molecular formula is C22H25N5O2. The summed E-state index contributed by atoms with van der Waals surface area (Å²) in [6.45, 7) is 4.19. The summed E-state index contributed by atoms with van der Waals surface area (Å²) in [5.74, 6) is 0.932. The van der Waals surface area contributed by atoms with Crippen LogP contribution in [0.25, 0.3) is 11.4 Å². The molecule has 150 valence electrons. The average Bonchev–Trinajstić information content (AvgIpc) is 3.23. The largest absolute Gasteiger partial charge is 0.369 e. The average molecular weight is 391 g/mol. The van der Waals surface area contributed by atoms with Crippen molar-refractivity contribution in [1.29, 1.82) is 0 Å². The van der Waals surface area contributed by atoms with Crippen molar-refractivity contribution in [2.75, 3.05) is 43.4 Å². The third-order valence-corrected chi connectivity index (χ3v) is 5.09. The summed E-state index contributed by atoms with van der Waals surface area (Å²) in [6.07, 6.45) is 0.696. The van der Waals surface area contributed by atoms with E-state index in [4.69, 9.17) is 4.52 Å². The van der Waals surface area contributed by atoms with Gasteiger partial charge in [0.05, 0.1) is 0 Å². The maximum absolute atomic E-state index is 12.3. The number of likely N-dealkylation sites (N-methyl/N-ethyl adjacent to an activating group) is 1. The van der Waals surface area contributed by atoms with Crippen molar-refractivity contribution >= 4 is 17.3 Å². The van der Waals surface area contributed by atoms with Gasteiger partial charge in [-0.05, 0) is 31.3 Å². The van der Waals surface area contributed by atoms with Crippen molar-refractivity contribution in [3.8, 4) is 11.4 Å². The molecule has 3 aromatic rings. The van der Waals surface area contributed by atoms with Gasteiger partial charge in [-0.2, -0.15) is 4.98 Å². The summed E-state index contributed by atoms with van der Waals surface area (Å²) < 4.78 is 5.26. The van der Waals surface area contributed by atoms with Crippen LogP contribution in [0.5, 0.6) is 0 Å². The monoisotopic (exact) mass is 391 g/mol. The highest BCUT2D eigenvalue weighted by Gasteiger charge is 2.14. The van der Waals surface area contributed by atoms with Crippen LogP contribution in [0.1, 0.15) is 12.3 Å². The third kappa shape index (κ3) is 5.00. The van der Waals surface area contributed by atoms with Crippen molar-refractivity contribution in [2.24, 2.45) is 0 Å². The van der Waals surface area contributed by atoms with Gasteiger partial charge in [0.25, 0.3) is 0 Å². The highest BCUT2D eigenvalue weighted by atomic mass is 16.5. The Balaban J connectivity index is 1.27. The number of aryl methyl sites for hydroxylation is 1. The quantitative estimate of drug-likeness (QED) is 0.696. The number of hydrogen-bond acceptors (Lipinski definition) is 6. The van der Waals surface area contributed by atoms with Gasteiger partial charge in [-0.25, -0.2) is 0 Å². The number of rotatable bonds is 6. The van der Waals surface area contributed by atoms with Crippen LogP contribution in [-0.2, 0) is 11.2 Å². The lowest BCUT2D eigenvalue weighted by atomic mass is 10.2. The molecule has 2 heterocycles. The van der Waals surface area contributed by atoms with Crippen LogP contribution in [0, 0.1) is 0 Å². The minimum absolute atomic E-state index is 0.0724. The number of nitrogens with zero attached hydrogens (tertiary/aromatic N) is 4. The van der Waals surface area contributed by atoms with Crippen molar-refractivity contribution in [3.05, 3.63) is 60.5 Å². The predicted octanol–water partition coefficient (Wildman–Crippen LogP) is 3.06. The summed E-state index contributed by atoms with van der Waals surface area (Å²) >= 11 is 0. The summed E-state index contributed by atoms with van der Waals surface area (Å²) in [7, 11) is 2.15. The van der Waals surface area contributed by atoms with E-state index in [1.54, 1.807) is 0 Å². The Hall–Kier alpha value is -3.19. The third-order valence-electron chi connectivity index (χ3n) is 5.09. The van der Waals surface area contributed by atoms with E-state index in [0.717, 1.165) is 37.4 Å². The molecule has 0 radical (unpaired) electrons. The summed E-state index contributed by atoms with van der Waals surface area (Å²) in [5, 5.41) is 6.91. The molecule has 1 aliphatic rings. The first-order chi connectivity index (χ1) is 14.2. The molecule has 0 aliphatic carbocycles. The number of carbonyl (C=O) groups is 1. The molecular weight excluding hydrogens is 366 g/mol. The van der Waals surface area contributed by atoms with Crippen molar-refractivity contribution in [3.63, 3.8) is 0 Å². The highest BCUT2D eigenvalue weighted by Crippen LogP contribution is 2.20. The Morgan fingerprint density at radius 2 is 1.76 bits per heavy atom. The second kappa shape index (κ2) is 8.87. The van der Waals surface area contributed by atoms with E-state index in [-0.39, 0.29) is 12.3 Å². The molecule has 1 aliphatic heterocycles. The zero-order valence-corrected chi connectivity index (χ0v) is 16.5. The zero-order valence-electron chi connectivity index (χ0n) is 16.5. The van der Waals surface area contributed by atoms with E-state index in [1.165, 1.54) is 5.69 Å². The van der Waals surface area contributed by atoms with E-state index in [2.05, 4.69) is 44.4 Å². The van der Waals surface area contributed by atoms with Crippen LogP contribution >= 0.6 is 0 Å². The maximum Gasteiger partial charge on any atom is 0.227 e. The van der Waals surface area contributed by atoms with Gasteiger partial charge in [-0.3, -0.25) is 4.79 Å². The smallest absolute Gasteiger partial charge is 0.227 e. The Labute approximate surface area is 170 Å². The fourth-order valence-electron chi connectivity index (χ4n) is 3.33. The lowest BCUT2D eigenvalue weighted by Gasteiger charge is -2.34. The molecule has 0 bridgehead atoms. The zero-order chi connectivity index (χ0) is 20.1. The van der Waals surface area contributed by atoms with Crippen LogP contribution < -0.4 is 10.2 Å². The number of nitrogens with one attached hydrogen (secondary N) is 1. The normalized spacial score (nSPS) is 14.7. The van der Waals surface area contributed by atoms with Crippen LogP contribution in [0.4, 0.5) is 11.4 Å². The number of piperazine rings is 1. The lowest BCUT2D eigenvalue weighted by molar-refractivity contribution is -0.116. The lowest BCUT2D eigenvalue weighted by Crippen LogP contribution is -2.44. The first-order valence-electron chi connectivity index (χ1n) is 9.89. The summed E-state index contributed by atoms with van der Waals surface area (Å²) in [4.78, 5) is 21.3. The molecule has 1 N–H and O–H groups in total. The second-order valence-corrected chi connectivity index (χ2v) is 7.26. The van der Waals surface area contributed by atoms with E-state index in [9.17, 15) is 4.79 Å². The van der Waals surface area contributed by atoms with Gasteiger partial charge < -0.3 is 19.6 Å². The van der Waals surface area contributed by atoms with Crippen LogP contribution in [0.2, 0.25) is 0 Å². The van der Waals surface area contributed by atoms with E-state index in [1.807, 2.05) is 42.5 Å². The highest BCUT2D eigenvalue weighted by molar-refractivity contribution is 5.91. The Kier molecular flexibility index (Phi) is 5.86. The van der Waals surface area contributed by atoms with Crippen LogP contribution in [-0.4, -0.2) is 54.2 Å². The number of hydrogen-bond donors (Lipinski definition) is 1.